The molecule has 0 aliphatic carbocycles. The van der Waals surface area contributed by atoms with Crippen molar-refractivity contribution in [3.05, 3.63) is 36.2 Å². The van der Waals surface area contributed by atoms with Crippen LogP contribution in [0.5, 0.6) is 5.75 Å². The molecule has 1 N–H and O–H groups in total. The number of benzene rings is 1. The molecular weight excluding hydrogens is 276 g/mol. The lowest BCUT2D eigenvalue weighted by molar-refractivity contribution is -0.133. The van der Waals surface area contributed by atoms with Crippen LogP contribution in [0.15, 0.2) is 35.6 Å². The minimum atomic E-state index is -0.856. The molecule has 0 fully saturated rings. The van der Waals surface area contributed by atoms with Crippen LogP contribution in [-0.2, 0) is 4.79 Å². The van der Waals surface area contributed by atoms with Crippen molar-refractivity contribution in [2.45, 2.75) is 19.0 Å². The van der Waals surface area contributed by atoms with Crippen LogP contribution in [0.25, 0.3) is 5.69 Å². The first-order valence-corrected chi connectivity index (χ1v) is 7.22. The van der Waals surface area contributed by atoms with E-state index in [4.69, 9.17) is 9.84 Å². The third-order valence-corrected chi connectivity index (χ3v) is 3.46. The second-order valence-corrected chi connectivity index (χ2v) is 5.09. The maximum absolute atomic E-state index is 10.7. The van der Waals surface area contributed by atoms with Gasteiger partial charge in [-0.2, -0.15) is 0 Å². The molecule has 1 aromatic heterocycles. The molecule has 0 amide bonds. The van der Waals surface area contributed by atoms with Gasteiger partial charge in [0.05, 0.1) is 23.7 Å². The Morgan fingerprint density at radius 1 is 1.50 bits per heavy atom. The monoisotopic (exact) mass is 292 g/mol. The Morgan fingerprint density at radius 3 is 3.00 bits per heavy atom. The van der Waals surface area contributed by atoms with Crippen molar-refractivity contribution in [3.8, 4) is 11.4 Å². The summed E-state index contributed by atoms with van der Waals surface area (Å²) in [4.78, 5) is 15.0. The third-order valence-electron chi connectivity index (χ3n) is 2.53. The summed E-state index contributed by atoms with van der Waals surface area (Å²) in [5.74, 6) is -0.0856. The van der Waals surface area contributed by atoms with Gasteiger partial charge in [-0.1, -0.05) is 17.8 Å². The molecule has 2 rings (SSSR count). The van der Waals surface area contributed by atoms with Crippen LogP contribution >= 0.6 is 11.8 Å². The average molecular weight is 292 g/mol. The highest BCUT2D eigenvalue weighted by molar-refractivity contribution is 7.99. The number of ether oxygens (including phenoxy) is 1. The number of carbonyl (C=O) groups is 1. The molecule has 5 nitrogen and oxygen atoms in total. The lowest BCUT2D eigenvalue weighted by Gasteiger charge is -2.09. The first kappa shape index (κ1) is 14.5. The first-order chi connectivity index (χ1) is 9.60. The number of hydrogen-bond donors (Lipinski definition) is 1. The number of aryl methyl sites for hydroxylation is 1. The summed E-state index contributed by atoms with van der Waals surface area (Å²) in [5.41, 5.74) is 1.75. The predicted octanol–water partition coefficient (Wildman–Crippen LogP) is 2.76. The second kappa shape index (κ2) is 6.47. The normalized spacial score (nSPS) is 10.5. The van der Waals surface area contributed by atoms with Crippen LogP contribution in [0.1, 0.15) is 12.6 Å². The van der Waals surface area contributed by atoms with E-state index >= 15 is 0 Å². The van der Waals surface area contributed by atoms with Crippen LogP contribution in [0.4, 0.5) is 0 Å². The summed E-state index contributed by atoms with van der Waals surface area (Å²) in [7, 11) is 0. The Hall–Kier alpha value is -1.95. The lowest BCUT2D eigenvalue weighted by atomic mass is 10.3. The van der Waals surface area contributed by atoms with E-state index in [1.807, 2.05) is 48.9 Å². The molecular formula is C14H16N2O3S. The van der Waals surface area contributed by atoms with Gasteiger partial charge in [-0.3, -0.25) is 9.36 Å². The van der Waals surface area contributed by atoms with Crippen LogP contribution in [0.3, 0.4) is 0 Å². The summed E-state index contributed by atoms with van der Waals surface area (Å²) in [5, 5.41) is 9.44. The van der Waals surface area contributed by atoms with Crippen LogP contribution in [0.2, 0.25) is 0 Å². The Balaban J connectivity index is 2.31. The zero-order chi connectivity index (χ0) is 14.5. The van der Waals surface area contributed by atoms with E-state index in [0.29, 0.717) is 11.8 Å². The van der Waals surface area contributed by atoms with Crippen molar-refractivity contribution < 1.29 is 14.6 Å². The Kier molecular flexibility index (Phi) is 4.68. The maximum Gasteiger partial charge on any atom is 0.313 e. The van der Waals surface area contributed by atoms with Gasteiger partial charge in [-0.25, -0.2) is 4.98 Å². The van der Waals surface area contributed by atoms with E-state index in [2.05, 4.69) is 4.98 Å². The second-order valence-electron chi connectivity index (χ2n) is 4.15. The minimum absolute atomic E-state index is 0.0123. The maximum atomic E-state index is 10.7. The molecule has 6 heteroatoms. The molecule has 20 heavy (non-hydrogen) atoms. The summed E-state index contributed by atoms with van der Waals surface area (Å²) in [6, 6.07) is 7.64. The van der Waals surface area contributed by atoms with Gasteiger partial charge < -0.3 is 9.84 Å². The van der Waals surface area contributed by atoms with Gasteiger partial charge in [0.2, 0.25) is 0 Å². The Bertz CT molecular complexity index is 610. The minimum Gasteiger partial charge on any atom is -0.494 e. The van der Waals surface area contributed by atoms with Crippen molar-refractivity contribution >= 4 is 17.7 Å². The van der Waals surface area contributed by atoms with Gasteiger partial charge in [0.25, 0.3) is 0 Å². The average Bonchev–Trinajstić information content (AvgIpc) is 2.78. The van der Waals surface area contributed by atoms with Crippen molar-refractivity contribution in [2.24, 2.45) is 0 Å². The van der Waals surface area contributed by atoms with Crippen LogP contribution < -0.4 is 4.74 Å². The molecule has 0 aliphatic heterocycles. The highest BCUT2D eigenvalue weighted by Gasteiger charge is 2.10. The van der Waals surface area contributed by atoms with Crippen molar-refractivity contribution in [1.82, 2.24) is 9.55 Å². The summed E-state index contributed by atoms with van der Waals surface area (Å²) >= 11 is 1.20. The van der Waals surface area contributed by atoms with Crippen molar-refractivity contribution in [2.75, 3.05) is 12.4 Å². The standard InChI is InChI=1S/C14H16N2O3S/c1-3-19-12-6-4-5-11(7-12)16-8-10(2)15-14(16)20-9-13(17)18/h4-8H,3,9H2,1-2H3,(H,17,18). The van der Waals surface area contributed by atoms with Gasteiger partial charge in [0, 0.05) is 12.3 Å². The number of imidazole rings is 1. The predicted molar refractivity (Wildman–Crippen MR) is 77.8 cm³/mol. The fourth-order valence-corrected chi connectivity index (χ4v) is 2.54. The van der Waals surface area contributed by atoms with E-state index < -0.39 is 5.97 Å². The van der Waals surface area contributed by atoms with Gasteiger partial charge >= 0.3 is 5.97 Å². The molecule has 0 radical (unpaired) electrons. The lowest BCUT2D eigenvalue weighted by Crippen LogP contribution is -2.01. The highest BCUT2D eigenvalue weighted by atomic mass is 32.2. The zero-order valence-electron chi connectivity index (χ0n) is 11.4. The van der Waals surface area contributed by atoms with E-state index in [1.165, 1.54) is 11.8 Å². The molecule has 0 saturated heterocycles. The molecule has 0 atom stereocenters. The fraction of sp³-hybridized carbons (Fsp3) is 0.286. The van der Waals surface area contributed by atoms with Gasteiger partial charge in [-0.05, 0) is 26.0 Å². The van der Waals surface area contributed by atoms with Crippen molar-refractivity contribution in [3.63, 3.8) is 0 Å². The van der Waals surface area contributed by atoms with E-state index in [-0.39, 0.29) is 5.75 Å². The number of carboxylic acid groups (broad SMARTS) is 1. The molecule has 0 unspecified atom stereocenters. The molecule has 1 aromatic carbocycles. The third kappa shape index (κ3) is 3.54. The van der Waals surface area contributed by atoms with E-state index in [1.54, 1.807) is 0 Å². The number of hydrogen-bond acceptors (Lipinski definition) is 4. The molecule has 106 valence electrons. The number of aliphatic carboxylic acids is 1. The molecule has 1 heterocycles. The number of rotatable bonds is 6. The fourth-order valence-electron chi connectivity index (χ4n) is 1.78. The van der Waals surface area contributed by atoms with Crippen LogP contribution in [0, 0.1) is 6.92 Å². The first-order valence-electron chi connectivity index (χ1n) is 6.24. The van der Waals surface area contributed by atoms with E-state index in [9.17, 15) is 4.79 Å². The molecule has 0 aliphatic rings. The smallest absolute Gasteiger partial charge is 0.313 e. The Labute approximate surface area is 121 Å². The van der Waals surface area contributed by atoms with Gasteiger partial charge in [-0.15, -0.1) is 0 Å². The number of nitrogens with zero attached hydrogens (tertiary/aromatic N) is 2. The largest absolute Gasteiger partial charge is 0.494 e. The summed E-state index contributed by atoms with van der Waals surface area (Å²) < 4.78 is 7.36. The van der Waals surface area contributed by atoms with E-state index in [0.717, 1.165) is 17.1 Å². The SMILES string of the molecule is CCOc1cccc(-n2cc(C)nc2SCC(=O)O)c1. The van der Waals surface area contributed by atoms with Gasteiger partial charge in [0.1, 0.15) is 5.75 Å². The number of carboxylic acids is 1. The molecule has 2 aromatic rings. The topological polar surface area (TPSA) is 64.4 Å². The molecule has 0 spiro atoms. The molecule has 0 saturated carbocycles. The Morgan fingerprint density at radius 2 is 2.30 bits per heavy atom. The quantitative estimate of drug-likeness (QED) is 0.829. The van der Waals surface area contributed by atoms with Crippen molar-refractivity contribution in [1.29, 1.82) is 0 Å². The number of aromatic nitrogens is 2. The summed E-state index contributed by atoms with van der Waals surface area (Å²) in [6.07, 6.45) is 1.88. The zero-order valence-corrected chi connectivity index (χ0v) is 12.2. The van der Waals surface area contributed by atoms with Crippen LogP contribution in [-0.4, -0.2) is 33.0 Å². The number of thioether (sulfide) groups is 1. The summed E-state index contributed by atoms with van der Waals surface area (Å²) in [6.45, 7) is 4.42. The van der Waals surface area contributed by atoms with Gasteiger partial charge in [0.15, 0.2) is 5.16 Å². The highest BCUT2D eigenvalue weighted by Crippen LogP contribution is 2.24. The molecule has 0 bridgehead atoms.